The molecule has 0 rings (SSSR count). The van der Waals surface area contributed by atoms with Crippen molar-refractivity contribution in [1.29, 1.82) is 0 Å². The van der Waals surface area contributed by atoms with Gasteiger partial charge in [-0.1, -0.05) is 34.6 Å². The molecule has 90 valence electrons. The molecule has 0 aromatic rings. The van der Waals surface area contributed by atoms with E-state index in [0.29, 0.717) is 5.92 Å². The molecule has 15 heavy (non-hydrogen) atoms. The van der Waals surface area contributed by atoms with Gasteiger partial charge in [-0.05, 0) is 18.3 Å². The van der Waals surface area contributed by atoms with E-state index in [0.717, 1.165) is 0 Å². The van der Waals surface area contributed by atoms with E-state index >= 15 is 0 Å². The lowest BCUT2D eigenvalue weighted by Gasteiger charge is -2.34. The molecule has 1 unspecified atom stereocenters. The summed E-state index contributed by atoms with van der Waals surface area (Å²) < 4.78 is 0. The van der Waals surface area contributed by atoms with Gasteiger partial charge in [-0.25, -0.2) is 0 Å². The first-order valence-electron chi connectivity index (χ1n) is 5.61. The number of carbonyl (C=O) groups excluding carboxylic acids is 1. The maximum absolute atomic E-state index is 12.0. The van der Waals surface area contributed by atoms with E-state index in [2.05, 4.69) is 20.8 Å². The van der Waals surface area contributed by atoms with Crippen LogP contribution >= 0.6 is 0 Å². The number of carbonyl (C=O) groups is 1. The van der Waals surface area contributed by atoms with Crippen LogP contribution in [0.4, 0.5) is 0 Å². The predicted molar refractivity (Wildman–Crippen MR) is 64.5 cm³/mol. The number of nitrogens with zero attached hydrogens (tertiary/aromatic N) is 1. The molecule has 0 fully saturated rings. The Morgan fingerprint density at radius 3 is 1.87 bits per heavy atom. The maximum atomic E-state index is 12.0. The molecule has 0 aliphatic heterocycles. The normalized spacial score (nSPS) is 16.3. The van der Waals surface area contributed by atoms with E-state index in [1.165, 1.54) is 0 Å². The van der Waals surface area contributed by atoms with Crippen LogP contribution in [-0.4, -0.2) is 29.9 Å². The Hall–Kier alpha value is -0.570. The molecule has 0 saturated heterocycles. The first kappa shape index (κ1) is 14.4. The van der Waals surface area contributed by atoms with Gasteiger partial charge in [0.2, 0.25) is 5.91 Å². The van der Waals surface area contributed by atoms with Crippen LogP contribution in [0.5, 0.6) is 0 Å². The Kier molecular flexibility index (Phi) is 4.78. The molecule has 3 heteroatoms. The van der Waals surface area contributed by atoms with Crippen LogP contribution in [0.3, 0.4) is 0 Å². The molecule has 0 radical (unpaired) electrons. The Morgan fingerprint density at radius 2 is 1.60 bits per heavy atom. The van der Waals surface area contributed by atoms with Gasteiger partial charge in [0.1, 0.15) is 0 Å². The monoisotopic (exact) mass is 214 g/mol. The third-order valence-electron chi connectivity index (χ3n) is 3.12. The fourth-order valence-electron chi connectivity index (χ4n) is 1.24. The van der Waals surface area contributed by atoms with Crippen LogP contribution < -0.4 is 5.73 Å². The summed E-state index contributed by atoms with van der Waals surface area (Å²) in [4.78, 5) is 13.8. The third kappa shape index (κ3) is 3.82. The highest BCUT2D eigenvalue weighted by atomic mass is 16.2. The predicted octanol–water partition coefficient (Wildman–Crippen LogP) is 1.86. The Bertz CT molecular complexity index is 218. The van der Waals surface area contributed by atoms with Crippen LogP contribution in [0.1, 0.15) is 41.5 Å². The van der Waals surface area contributed by atoms with Gasteiger partial charge in [-0.3, -0.25) is 4.79 Å². The van der Waals surface area contributed by atoms with Gasteiger partial charge in [0.05, 0.1) is 6.04 Å². The van der Waals surface area contributed by atoms with Crippen molar-refractivity contribution >= 4 is 5.91 Å². The Balaban J connectivity index is 4.59. The minimum atomic E-state index is -0.427. The first-order chi connectivity index (χ1) is 6.59. The summed E-state index contributed by atoms with van der Waals surface area (Å²) in [6.45, 7) is 12.2. The number of likely N-dealkylation sites (N-methyl/N-ethyl adjacent to an activating group) is 1. The van der Waals surface area contributed by atoms with Crippen molar-refractivity contribution in [1.82, 2.24) is 4.90 Å². The maximum Gasteiger partial charge on any atom is 0.240 e. The first-order valence-corrected chi connectivity index (χ1v) is 5.61. The van der Waals surface area contributed by atoms with Gasteiger partial charge in [0.25, 0.3) is 0 Å². The van der Waals surface area contributed by atoms with Crippen molar-refractivity contribution in [2.75, 3.05) is 7.05 Å². The number of amides is 1. The van der Waals surface area contributed by atoms with E-state index in [4.69, 9.17) is 5.73 Å². The SMILES string of the molecule is CC(C)C(C)N(C)C(=O)[C@@H](N)C(C)(C)C. The number of hydrogen-bond donors (Lipinski definition) is 1. The zero-order valence-electron chi connectivity index (χ0n) is 11.2. The largest absolute Gasteiger partial charge is 0.341 e. The molecule has 2 N–H and O–H groups in total. The molecule has 0 bridgehead atoms. The van der Waals surface area contributed by atoms with Crippen molar-refractivity contribution in [2.24, 2.45) is 17.1 Å². The number of hydrogen-bond acceptors (Lipinski definition) is 2. The van der Waals surface area contributed by atoms with E-state index in [9.17, 15) is 4.79 Å². The Labute approximate surface area is 94.0 Å². The van der Waals surface area contributed by atoms with Crippen LogP contribution in [0.25, 0.3) is 0 Å². The summed E-state index contributed by atoms with van der Waals surface area (Å²) in [7, 11) is 1.83. The van der Waals surface area contributed by atoms with Gasteiger partial charge in [0.15, 0.2) is 0 Å². The molecule has 2 atom stereocenters. The highest BCUT2D eigenvalue weighted by Gasteiger charge is 2.31. The molecule has 0 heterocycles. The average molecular weight is 214 g/mol. The van der Waals surface area contributed by atoms with Gasteiger partial charge >= 0.3 is 0 Å². The molecule has 3 nitrogen and oxygen atoms in total. The van der Waals surface area contributed by atoms with E-state index in [1.807, 2.05) is 27.8 Å². The summed E-state index contributed by atoms with van der Waals surface area (Å²) in [5.74, 6) is 0.481. The summed E-state index contributed by atoms with van der Waals surface area (Å²) in [6.07, 6.45) is 0. The molecular formula is C12H26N2O. The lowest BCUT2D eigenvalue weighted by atomic mass is 9.86. The summed E-state index contributed by atoms with van der Waals surface area (Å²) in [5.41, 5.74) is 5.76. The molecular weight excluding hydrogens is 188 g/mol. The van der Waals surface area contributed by atoms with Crippen molar-refractivity contribution < 1.29 is 4.79 Å². The lowest BCUT2D eigenvalue weighted by Crippen LogP contribution is -2.52. The van der Waals surface area contributed by atoms with Crippen molar-refractivity contribution in [3.63, 3.8) is 0 Å². The van der Waals surface area contributed by atoms with Crippen molar-refractivity contribution in [3.05, 3.63) is 0 Å². The highest BCUT2D eigenvalue weighted by Crippen LogP contribution is 2.20. The van der Waals surface area contributed by atoms with Crippen LogP contribution in [-0.2, 0) is 4.79 Å². The number of rotatable bonds is 3. The summed E-state index contributed by atoms with van der Waals surface area (Å²) in [5, 5.41) is 0. The van der Waals surface area contributed by atoms with Crippen LogP contribution in [0, 0.1) is 11.3 Å². The topological polar surface area (TPSA) is 46.3 Å². The Morgan fingerprint density at radius 1 is 1.20 bits per heavy atom. The second-order valence-electron chi connectivity index (χ2n) is 5.78. The molecule has 0 aliphatic rings. The smallest absolute Gasteiger partial charge is 0.240 e. The second-order valence-corrected chi connectivity index (χ2v) is 5.78. The van der Waals surface area contributed by atoms with Crippen molar-refractivity contribution in [2.45, 2.75) is 53.6 Å². The minimum absolute atomic E-state index is 0.0312. The van der Waals surface area contributed by atoms with Gasteiger partial charge in [-0.15, -0.1) is 0 Å². The van der Waals surface area contributed by atoms with Gasteiger partial charge in [-0.2, -0.15) is 0 Å². The molecule has 0 saturated carbocycles. The zero-order chi connectivity index (χ0) is 12.4. The molecule has 1 amide bonds. The quantitative estimate of drug-likeness (QED) is 0.779. The fraction of sp³-hybridized carbons (Fsp3) is 0.917. The van der Waals surface area contributed by atoms with Crippen LogP contribution in [0.15, 0.2) is 0 Å². The zero-order valence-corrected chi connectivity index (χ0v) is 11.2. The fourth-order valence-corrected chi connectivity index (χ4v) is 1.24. The highest BCUT2D eigenvalue weighted by molar-refractivity contribution is 5.82. The third-order valence-corrected chi connectivity index (χ3v) is 3.12. The van der Waals surface area contributed by atoms with Gasteiger partial charge < -0.3 is 10.6 Å². The average Bonchev–Trinajstić information content (AvgIpc) is 2.11. The molecule has 0 aromatic heterocycles. The van der Waals surface area contributed by atoms with E-state index in [-0.39, 0.29) is 17.4 Å². The molecule has 0 aliphatic carbocycles. The number of nitrogens with two attached hydrogens (primary N) is 1. The summed E-state index contributed by atoms with van der Waals surface area (Å²) in [6, 6.07) is -0.199. The molecule has 0 spiro atoms. The van der Waals surface area contributed by atoms with E-state index < -0.39 is 6.04 Å². The van der Waals surface area contributed by atoms with Crippen molar-refractivity contribution in [3.8, 4) is 0 Å². The second kappa shape index (κ2) is 4.97. The van der Waals surface area contributed by atoms with E-state index in [1.54, 1.807) is 4.90 Å². The molecule has 0 aromatic carbocycles. The van der Waals surface area contributed by atoms with Crippen LogP contribution in [0.2, 0.25) is 0 Å². The minimum Gasteiger partial charge on any atom is -0.341 e. The van der Waals surface area contributed by atoms with Gasteiger partial charge in [0, 0.05) is 13.1 Å². The summed E-state index contributed by atoms with van der Waals surface area (Å²) >= 11 is 0. The lowest BCUT2D eigenvalue weighted by molar-refractivity contribution is -0.136. The standard InChI is InChI=1S/C12H26N2O/c1-8(2)9(3)14(7)11(15)10(13)12(4,5)6/h8-10H,13H2,1-7H3/t9?,10-/m1/s1.